The molecule has 4 bridgehead atoms. The summed E-state index contributed by atoms with van der Waals surface area (Å²) in [6.07, 6.45) is 11.6. The quantitative estimate of drug-likeness (QED) is 0.510. The van der Waals surface area contributed by atoms with Crippen LogP contribution in [-0.2, 0) is 9.59 Å². The maximum absolute atomic E-state index is 13.2. The van der Waals surface area contributed by atoms with Crippen molar-refractivity contribution in [1.29, 1.82) is 0 Å². The molecule has 4 aliphatic rings. The molecule has 0 saturated heterocycles. The fourth-order valence-electron chi connectivity index (χ4n) is 5.91. The fraction of sp³-hybridized carbons (Fsp3) is 0.905. The van der Waals surface area contributed by atoms with Crippen LogP contribution in [0.2, 0.25) is 0 Å². The van der Waals surface area contributed by atoms with Crippen LogP contribution in [0.3, 0.4) is 0 Å². The van der Waals surface area contributed by atoms with Crippen LogP contribution in [0.5, 0.6) is 0 Å². The lowest BCUT2D eigenvalue weighted by Gasteiger charge is -2.57. The summed E-state index contributed by atoms with van der Waals surface area (Å²) in [7, 11) is 0. The molecule has 0 aliphatic heterocycles. The summed E-state index contributed by atoms with van der Waals surface area (Å²) < 4.78 is 0. The van der Waals surface area contributed by atoms with Gasteiger partial charge < -0.3 is 9.69 Å². The number of hydrogen-bond donors (Lipinski definition) is 0. The number of unbranched alkanes of at least 4 members (excludes halogenated alkanes) is 3. The predicted octanol–water partition coefficient (Wildman–Crippen LogP) is 4.45. The molecule has 0 atom stereocenters. The Hall–Kier alpha value is -0.860. The largest absolute Gasteiger partial charge is 0.339 e. The number of carbonyl (C=O) groups is 2. The third kappa shape index (κ3) is 3.70. The van der Waals surface area contributed by atoms with Crippen LogP contribution in [0.15, 0.2) is 0 Å². The molecule has 0 heterocycles. The van der Waals surface area contributed by atoms with Gasteiger partial charge in [-0.25, -0.2) is 0 Å². The van der Waals surface area contributed by atoms with Gasteiger partial charge >= 0.3 is 0 Å². The second-order valence-corrected chi connectivity index (χ2v) is 9.69. The van der Waals surface area contributed by atoms with Crippen molar-refractivity contribution in [3.63, 3.8) is 0 Å². The summed E-state index contributed by atoms with van der Waals surface area (Å²) in [6.45, 7) is 7.07. The second-order valence-electron chi connectivity index (χ2n) is 9.69. The van der Waals surface area contributed by atoms with Gasteiger partial charge in [0, 0.05) is 24.4 Å². The molecule has 0 N–H and O–H groups in total. The van der Waals surface area contributed by atoms with Crippen molar-refractivity contribution < 1.29 is 9.59 Å². The van der Waals surface area contributed by atoms with E-state index < -0.39 is 0 Å². The van der Waals surface area contributed by atoms with Crippen LogP contribution < -0.4 is 0 Å². The van der Waals surface area contributed by atoms with Crippen LogP contribution in [0.4, 0.5) is 0 Å². The molecule has 24 heavy (non-hydrogen) atoms. The van der Waals surface area contributed by atoms with E-state index in [1.807, 2.05) is 0 Å². The lowest BCUT2D eigenvalue weighted by Crippen LogP contribution is -2.59. The molecule has 0 aromatic rings. The van der Waals surface area contributed by atoms with E-state index in [1.54, 1.807) is 0 Å². The van der Waals surface area contributed by atoms with Gasteiger partial charge in [0.2, 0.25) is 5.91 Å². The summed E-state index contributed by atoms with van der Waals surface area (Å²) in [4.78, 5) is 26.0. The van der Waals surface area contributed by atoms with Crippen molar-refractivity contribution in [1.82, 2.24) is 4.90 Å². The first-order valence-electron chi connectivity index (χ1n) is 10.1. The number of nitrogens with zero attached hydrogens (tertiary/aromatic N) is 1. The van der Waals surface area contributed by atoms with Gasteiger partial charge in [-0.3, -0.25) is 4.79 Å². The first kappa shape index (κ1) is 17.9. The first-order valence-corrected chi connectivity index (χ1v) is 10.1. The highest BCUT2D eigenvalue weighted by atomic mass is 16.2. The zero-order valence-electron chi connectivity index (χ0n) is 15.8. The molecule has 136 valence electrons. The average molecular weight is 334 g/mol. The Kier molecular flexibility index (Phi) is 5.36. The Balaban J connectivity index is 1.69. The Morgan fingerprint density at radius 3 is 2.04 bits per heavy atom. The Morgan fingerprint density at radius 2 is 1.54 bits per heavy atom. The minimum Gasteiger partial charge on any atom is -0.339 e. The van der Waals surface area contributed by atoms with Crippen LogP contribution in [-0.4, -0.2) is 29.7 Å². The van der Waals surface area contributed by atoms with Crippen molar-refractivity contribution >= 4 is 12.2 Å². The second kappa shape index (κ2) is 7.17. The smallest absolute Gasteiger partial charge is 0.228 e. The van der Waals surface area contributed by atoms with E-state index in [0.29, 0.717) is 18.4 Å². The minimum atomic E-state index is -0.294. The highest BCUT2D eigenvalue weighted by Gasteiger charge is 2.51. The van der Waals surface area contributed by atoms with Gasteiger partial charge in [0.15, 0.2) is 0 Å². The number of amides is 1. The number of aldehydes is 1. The normalized spacial score (nSPS) is 34.4. The predicted molar refractivity (Wildman–Crippen MR) is 96.5 cm³/mol. The maximum atomic E-state index is 13.2. The minimum absolute atomic E-state index is 0.294. The molecular weight excluding hydrogens is 298 g/mol. The fourth-order valence-corrected chi connectivity index (χ4v) is 5.91. The van der Waals surface area contributed by atoms with E-state index >= 15 is 0 Å². The van der Waals surface area contributed by atoms with E-state index in [1.165, 1.54) is 32.1 Å². The summed E-state index contributed by atoms with van der Waals surface area (Å²) in [6, 6.07) is 0.496. The average Bonchev–Trinajstić information content (AvgIpc) is 2.50. The Morgan fingerprint density at radius 1 is 0.958 bits per heavy atom. The van der Waals surface area contributed by atoms with Crippen LogP contribution >= 0.6 is 0 Å². The molecule has 0 unspecified atom stereocenters. The number of rotatable bonds is 7. The van der Waals surface area contributed by atoms with Gasteiger partial charge in [0.1, 0.15) is 6.29 Å². The molecule has 4 fully saturated rings. The molecule has 3 heteroatoms. The van der Waals surface area contributed by atoms with E-state index in [-0.39, 0.29) is 5.41 Å². The molecule has 0 spiro atoms. The summed E-state index contributed by atoms with van der Waals surface area (Å²) >= 11 is 0. The maximum Gasteiger partial charge on any atom is 0.228 e. The highest BCUT2D eigenvalue weighted by Crippen LogP contribution is 2.55. The van der Waals surface area contributed by atoms with Gasteiger partial charge in [0.25, 0.3) is 0 Å². The van der Waals surface area contributed by atoms with Crippen LogP contribution in [0.1, 0.15) is 78.6 Å². The summed E-state index contributed by atoms with van der Waals surface area (Å²) in [5.74, 6) is 3.74. The Labute approximate surface area is 147 Å². The van der Waals surface area contributed by atoms with Gasteiger partial charge in [-0.1, -0.05) is 27.2 Å². The van der Waals surface area contributed by atoms with E-state index in [4.69, 9.17) is 0 Å². The SMILES string of the molecule is CC(C)(C)C(=O)N(CCCCCC=O)C1C2CC3CC(C2)CC1C3. The van der Waals surface area contributed by atoms with E-state index in [9.17, 15) is 9.59 Å². The highest BCUT2D eigenvalue weighted by molar-refractivity contribution is 5.82. The van der Waals surface area contributed by atoms with Crippen LogP contribution in [0.25, 0.3) is 0 Å². The van der Waals surface area contributed by atoms with Crippen molar-refractivity contribution in [3.05, 3.63) is 0 Å². The summed E-state index contributed by atoms with van der Waals surface area (Å²) in [5, 5.41) is 0. The van der Waals surface area contributed by atoms with Crippen molar-refractivity contribution in [2.45, 2.75) is 84.6 Å². The van der Waals surface area contributed by atoms with Crippen molar-refractivity contribution in [2.75, 3.05) is 6.54 Å². The molecule has 4 aliphatic carbocycles. The zero-order valence-corrected chi connectivity index (χ0v) is 15.8. The third-order valence-electron chi connectivity index (χ3n) is 6.66. The molecule has 4 saturated carbocycles. The topological polar surface area (TPSA) is 37.4 Å². The van der Waals surface area contributed by atoms with Crippen molar-refractivity contribution in [2.24, 2.45) is 29.1 Å². The van der Waals surface area contributed by atoms with E-state index in [0.717, 1.165) is 55.8 Å². The van der Waals surface area contributed by atoms with Gasteiger partial charge in [-0.2, -0.15) is 0 Å². The summed E-state index contributed by atoms with van der Waals surface area (Å²) in [5.41, 5.74) is -0.294. The lowest BCUT2D eigenvalue weighted by molar-refractivity contribution is -0.152. The Bertz CT molecular complexity index is 437. The molecule has 0 aromatic heterocycles. The van der Waals surface area contributed by atoms with Gasteiger partial charge in [0.05, 0.1) is 0 Å². The standard InChI is InChI=1S/C21H35NO2/c1-21(2,3)20(24)22(8-6-4-5-7-9-23)19-17-11-15-10-16(13-17)14-18(19)12-15/h9,15-19H,4-8,10-14H2,1-3H3. The zero-order chi connectivity index (χ0) is 17.3. The number of hydrogen-bond acceptors (Lipinski definition) is 2. The first-order chi connectivity index (χ1) is 11.4. The van der Waals surface area contributed by atoms with Gasteiger partial charge in [-0.05, 0) is 68.6 Å². The molecular formula is C21H35NO2. The molecule has 4 rings (SSSR count). The van der Waals surface area contributed by atoms with E-state index in [2.05, 4.69) is 25.7 Å². The van der Waals surface area contributed by atoms with Crippen LogP contribution in [0, 0.1) is 29.1 Å². The lowest BCUT2D eigenvalue weighted by atomic mass is 9.53. The molecule has 0 radical (unpaired) electrons. The molecule has 1 amide bonds. The van der Waals surface area contributed by atoms with Crippen molar-refractivity contribution in [3.8, 4) is 0 Å². The molecule has 0 aromatic carbocycles. The van der Waals surface area contributed by atoms with Gasteiger partial charge in [-0.15, -0.1) is 0 Å². The monoisotopic (exact) mass is 333 g/mol. The number of carbonyl (C=O) groups excluding carboxylic acids is 2. The molecule has 3 nitrogen and oxygen atoms in total. The third-order valence-corrected chi connectivity index (χ3v) is 6.66.